The number of amides is 1. The van der Waals surface area contributed by atoms with Crippen molar-refractivity contribution in [3.63, 3.8) is 0 Å². The summed E-state index contributed by atoms with van der Waals surface area (Å²) in [5, 5.41) is 13.9. The SMILES string of the molecule is CC/C=C\C/C=C\C/C=C\C/C=C\C/C=C\C/C=C\C/C=C\C/C=C\CCCCCCCCCCC(=O)NC(COP(=O)(O)OCC[N+](C)(C)C)C(O)/C=C/CCCCCCCCCCCCC. The summed E-state index contributed by atoms with van der Waals surface area (Å²) in [6, 6.07) is -0.858. The number of nitrogens with one attached hydrogen (secondary N) is 1. The molecule has 9 heteroatoms. The van der Waals surface area contributed by atoms with Gasteiger partial charge in [0.1, 0.15) is 13.2 Å². The number of quaternary nitrogens is 1. The predicted octanol–water partition coefficient (Wildman–Crippen LogP) is 16.4. The van der Waals surface area contributed by atoms with Gasteiger partial charge in [0.2, 0.25) is 5.91 Å². The monoisotopic (exact) mass is 968 g/mol. The molecule has 3 atom stereocenters. The largest absolute Gasteiger partial charge is 0.472 e. The molecule has 0 heterocycles. The van der Waals surface area contributed by atoms with Crippen LogP contribution in [0.5, 0.6) is 0 Å². The van der Waals surface area contributed by atoms with Crippen LogP contribution in [0, 0.1) is 0 Å². The smallest absolute Gasteiger partial charge is 0.387 e. The number of allylic oxidation sites excluding steroid dienone is 17. The van der Waals surface area contributed by atoms with E-state index in [0.717, 1.165) is 103 Å². The molecule has 390 valence electrons. The van der Waals surface area contributed by atoms with E-state index < -0.39 is 20.0 Å². The zero-order chi connectivity index (χ0) is 49.9. The van der Waals surface area contributed by atoms with Gasteiger partial charge in [-0.2, -0.15) is 0 Å². The van der Waals surface area contributed by atoms with E-state index in [1.807, 2.05) is 27.2 Å². The fourth-order valence-corrected chi connectivity index (χ4v) is 7.97. The van der Waals surface area contributed by atoms with Crippen molar-refractivity contribution in [3.05, 3.63) is 109 Å². The van der Waals surface area contributed by atoms with Gasteiger partial charge in [-0.25, -0.2) is 4.57 Å². The molecule has 0 saturated heterocycles. The number of carbonyl (C=O) groups is 1. The van der Waals surface area contributed by atoms with E-state index in [0.29, 0.717) is 17.4 Å². The number of phosphoric acid groups is 1. The van der Waals surface area contributed by atoms with Gasteiger partial charge in [-0.15, -0.1) is 0 Å². The van der Waals surface area contributed by atoms with Crippen molar-refractivity contribution in [3.8, 4) is 0 Å². The molecule has 0 saturated carbocycles. The van der Waals surface area contributed by atoms with E-state index in [-0.39, 0.29) is 19.1 Å². The van der Waals surface area contributed by atoms with Gasteiger partial charge >= 0.3 is 7.82 Å². The Morgan fingerprint density at radius 1 is 0.515 bits per heavy atom. The van der Waals surface area contributed by atoms with Gasteiger partial charge in [-0.3, -0.25) is 13.8 Å². The molecule has 1 amide bonds. The Morgan fingerprint density at radius 3 is 1.29 bits per heavy atom. The maximum Gasteiger partial charge on any atom is 0.472 e. The molecule has 0 bridgehead atoms. The summed E-state index contributed by atoms with van der Waals surface area (Å²) in [5.74, 6) is -0.191. The Labute approximate surface area is 419 Å². The number of aliphatic hydroxyl groups is 1. The van der Waals surface area contributed by atoms with E-state index in [2.05, 4.69) is 116 Å². The summed E-state index contributed by atoms with van der Waals surface area (Å²) in [7, 11) is 1.55. The Kier molecular flexibility index (Phi) is 47.1. The van der Waals surface area contributed by atoms with Gasteiger partial charge in [0, 0.05) is 6.42 Å². The molecular weight excluding hydrogens is 864 g/mol. The summed E-state index contributed by atoms with van der Waals surface area (Å²) in [5.41, 5.74) is 0. The maximum absolute atomic E-state index is 12.9. The second kappa shape index (κ2) is 49.2. The molecule has 0 radical (unpaired) electrons. The van der Waals surface area contributed by atoms with Crippen LogP contribution in [0.4, 0.5) is 0 Å². The molecule has 8 nitrogen and oxygen atoms in total. The van der Waals surface area contributed by atoms with Crippen molar-refractivity contribution >= 4 is 13.7 Å². The third-order valence-electron chi connectivity index (χ3n) is 11.5. The molecule has 0 fully saturated rings. The maximum atomic E-state index is 12.9. The first-order chi connectivity index (χ1) is 33.0. The van der Waals surface area contributed by atoms with E-state index in [1.54, 1.807) is 6.08 Å². The number of unbranched alkanes of at least 4 members (excludes halogenated alkanes) is 19. The number of likely N-dealkylation sites (N-methyl/N-ethyl adjacent to an activating group) is 1. The van der Waals surface area contributed by atoms with Gasteiger partial charge < -0.3 is 19.8 Å². The summed E-state index contributed by atoms with van der Waals surface area (Å²) in [6.07, 6.45) is 71.8. The first kappa shape index (κ1) is 65.2. The van der Waals surface area contributed by atoms with Crippen LogP contribution in [0.3, 0.4) is 0 Å². The lowest BCUT2D eigenvalue weighted by molar-refractivity contribution is -0.870. The van der Waals surface area contributed by atoms with Crippen molar-refractivity contribution in [2.75, 3.05) is 40.9 Å². The summed E-state index contributed by atoms with van der Waals surface area (Å²) >= 11 is 0. The van der Waals surface area contributed by atoms with Gasteiger partial charge in [0.05, 0.1) is 39.9 Å². The molecule has 0 aromatic carbocycles. The normalized spacial score (nSPS) is 14.9. The molecule has 3 N–H and O–H groups in total. The minimum Gasteiger partial charge on any atom is -0.387 e. The highest BCUT2D eigenvalue weighted by Gasteiger charge is 2.27. The molecule has 0 aromatic rings. The lowest BCUT2D eigenvalue weighted by atomic mass is 10.0. The Balaban J connectivity index is 4.20. The van der Waals surface area contributed by atoms with Crippen molar-refractivity contribution in [2.24, 2.45) is 0 Å². The van der Waals surface area contributed by atoms with E-state index in [4.69, 9.17) is 9.05 Å². The third kappa shape index (κ3) is 51.0. The first-order valence-electron chi connectivity index (χ1n) is 27.3. The van der Waals surface area contributed by atoms with E-state index in [1.165, 1.54) is 83.5 Å². The van der Waals surface area contributed by atoms with Crippen LogP contribution in [0.25, 0.3) is 0 Å². The highest BCUT2D eigenvalue weighted by molar-refractivity contribution is 7.47. The van der Waals surface area contributed by atoms with Crippen LogP contribution < -0.4 is 5.32 Å². The minimum absolute atomic E-state index is 0.0544. The van der Waals surface area contributed by atoms with Crippen LogP contribution in [0.1, 0.15) is 206 Å². The first-order valence-corrected chi connectivity index (χ1v) is 28.8. The number of nitrogens with zero attached hydrogens (tertiary/aromatic N) is 1. The molecule has 3 unspecified atom stereocenters. The van der Waals surface area contributed by atoms with E-state index >= 15 is 0 Å². The summed E-state index contributed by atoms with van der Waals surface area (Å²) < 4.78 is 23.6. The van der Waals surface area contributed by atoms with E-state index in [9.17, 15) is 19.4 Å². The van der Waals surface area contributed by atoms with Crippen molar-refractivity contribution in [1.29, 1.82) is 0 Å². The van der Waals surface area contributed by atoms with Crippen LogP contribution in [0.15, 0.2) is 109 Å². The third-order valence-corrected chi connectivity index (χ3v) is 12.5. The number of phosphoric ester groups is 1. The highest BCUT2D eigenvalue weighted by Crippen LogP contribution is 2.43. The quantitative estimate of drug-likeness (QED) is 0.0243. The van der Waals surface area contributed by atoms with Crippen LogP contribution in [-0.4, -0.2) is 73.4 Å². The zero-order valence-corrected chi connectivity index (χ0v) is 45.2. The molecule has 0 aromatic heterocycles. The number of hydrogen-bond acceptors (Lipinski definition) is 5. The fraction of sp³-hybridized carbons (Fsp3) is 0.678. The molecule has 0 spiro atoms. The average Bonchev–Trinajstić information content (AvgIpc) is 3.30. The summed E-state index contributed by atoms with van der Waals surface area (Å²) in [4.78, 5) is 23.2. The van der Waals surface area contributed by atoms with Crippen molar-refractivity contribution in [1.82, 2.24) is 5.32 Å². The number of hydrogen-bond donors (Lipinski definition) is 3. The minimum atomic E-state index is -4.35. The zero-order valence-electron chi connectivity index (χ0n) is 44.3. The number of carbonyl (C=O) groups excluding carboxylic acids is 1. The Hall–Kier alpha value is -2.84. The molecule has 0 aliphatic carbocycles. The lowest BCUT2D eigenvalue weighted by Crippen LogP contribution is -2.45. The summed E-state index contributed by atoms with van der Waals surface area (Å²) in [6.45, 7) is 4.67. The molecule has 0 rings (SSSR count). The Morgan fingerprint density at radius 2 is 0.882 bits per heavy atom. The topological polar surface area (TPSA) is 105 Å². The molecule has 0 aliphatic heterocycles. The molecule has 0 aliphatic rings. The van der Waals surface area contributed by atoms with Gasteiger partial charge in [0.15, 0.2) is 0 Å². The second-order valence-corrected chi connectivity index (χ2v) is 20.7. The average molecular weight is 968 g/mol. The van der Waals surface area contributed by atoms with Crippen LogP contribution in [0.2, 0.25) is 0 Å². The molecule has 68 heavy (non-hydrogen) atoms. The molecular formula is C59H104N2O6P+. The van der Waals surface area contributed by atoms with Gasteiger partial charge in [-0.1, -0.05) is 226 Å². The van der Waals surface area contributed by atoms with Crippen molar-refractivity contribution < 1.29 is 32.9 Å². The van der Waals surface area contributed by atoms with Gasteiger partial charge in [0.25, 0.3) is 0 Å². The Bertz CT molecular complexity index is 1470. The van der Waals surface area contributed by atoms with Crippen LogP contribution >= 0.6 is 7.82 Å². The van der Waals surface area contributed by atoms with Gasteiger partial charge in [-0.05, 0) is 83.5 Å². The van der Waals surface area contributed by atoms with Crippen molar-refractivity contribution in [2.45, 2.75) is 219 Å². The second-order valence-electron chi connectivity index (χ2n) is 19.2. The fourth-order valence-electron chi connectivity index (χ4n) is 7.23. The standard InChI is InChI=1S/C59H103N2O6P/c1-6-8-10-12-14-16-18-20-21-22-23-24-25-26-27-28-29-30-31-32-33-34-35-36-37-38-39-41-43-45-47-49-51-53-59(63)60-57(56-67-68(64,65)66-55-54-61(3,4)5)58(62)52-50-48-46-44-42-40-19-17-15-13-11-9-7-2/h8,10,14,16,20-21,23-24,26-27,29-30,32-33,35-36,50,52,57-58,62H,6-7,9,11-13,15,17-19,22,25,28,31,34,37-49,51,53-56H2,1-5H3,(H-,60,63,64,65)/p+1/b10-8-,16-14-,21-20-,24-23-,27-26-,30-29-,33-32-,36-35-,52-50+. The number of rotatable bonds is 48. The number of aliphatic hydroxyl groups excluding tert-OH is 1. The lowest BCUT2D eigenvalue weighted by Gasteiger charge is -2.25. The highest BCUT2D eigenvalue weighted by atomic mass is 31.2. The van der Waals surface area contributed by atoms with Crippen LogP contribution in [-0.2, 0) is 18.4 Å². The predicted molar refractivity (Wildman–Crippen MR) is 295 cm³/mol.